The molecule has 0 spiro atoms. The molecule has 0 aliphatic heterocycles. The van der Waals surface area contributed by atoms with E-state index in [4.69, 9.17) is 0 Å². The largest absolute Gasteiger partial charge is 0.349 e. The van der Waals surface area contributed by atoms with Crippen molar-refractivity contribution in [3.63, 3.8) is 0 Å². The Balaban J connectivity index is 2.15. The van der Waals surface area contributed by atoms with Crippen LogP contribution in [0.3, 0.4) is 0 Å². The average molecular weight is 231 g/mol. The number of rotatable bonds is 3. The van der Waals surface area contributed by atoms with Crippen molar-refractivity contribution in [2.75, 3.05) is 0 Å². The summed E-state index contributed by atoms with van der Waals surface area (Å²) >= 11 is 0. The summed E-state index contributed by atoms with van der Waals surface area (Å²) in [6.45, 7) is 8.42. The van der Waals surface area contributed by atoms with Crippen LogP contribution in [0.1, 0.15) is 48.1 Å². The first-order chi connectivity index (χ1) is 7.99. The molecule has 2 nitrogen and oxygen atoms in total. The second-order valence-electron chi connectivity index (χ2n) is 5.30. The standard InChI is InChI=1S/C15H21NO/c1-9-7-11(3)14(8-10(9)2)12(4)16-15(17)13-5-6-13/h7-8,12-13H,5-6H2,1-4H3,(H,16,17)/t12-/m1/s1. The van der Waals surface area contributed by atoms with Gasteiger partial charge in [0.25, 0.3) is 0 Å². The number of benzene rings is 1. The van der Waals surface area contributed by atoms with Crippen LogP contribution in [-0.2, 0) is 4.79 Å². The molecule has 1 saturated carbocycles. The maximum Gasteiger partial charge on any atom is 0.223 e. The maximum atomic E-state index is 11.7. The van der Waals surface area contributed by atoms with Crippen molar-refractivity contribution in [2.45, 2.75) is 46.6 Å². The zero-order chi connectivity index (χ0) is 12.6. The summed E-state index contributed by atoms with van der Waals surface area (Å²) in [5.41, 5.74) is 5.10. The highest BCUT2D eigenvalue weighted by molar-refractivity contribution is 5.81. The molecule has 0 radical (unpaired) electrons. The second-order valence-corrected chi connectivity index (χ2v) is 5.30. The first-order valence-electron chi connectivity index (χ1n) is 6.37. The van der Waals surface area contributed by atoms with Crippen LogP contribution in [0.4, 0.5) is 0 Å². The number of carbonyl (C=O) groups is 1. The van der Waals surface area contributed by atoms with Gasteiger partial charge in [0.05, 0.1) is 6.04 Å². The predicted molar refractivity (Wildman–Crippen MR) is 69.9 cm³/mol. The molecule has 1 fully saturated rings. The summed E-state index contributed by atoms with van der Waals surface area (Å²) in [7, 11) is 0. The van der Waals surface area contributed by atoms with Crippen LogP contribution in [0, 0.1) is 26.7 Å². The molecule has 1 aromatic rings. The highest BCUT2D eigenvalue weighted by Gasteiger charge is 2.30. The minimum Gasteiger partial charge on any atom is -0.349 e. The van der Waals surface area contributed by atoms with Gasteiger partial charge in [-0.3, -0.25) is 4.79 Å². The third kappa shape index (κ3) is 2.68. The summed E-state index contributed by atoms with van der Waals surface area (Å²) < 4.78 is 0. The van der Waals surface area contributed by atoms with E-state index in [-0.39, 0.29) is 17.9 Å². The van der Waals surface area contributed by atoms with E-state index in [0.29, 0.717) is 0 Å². The van der Waals surface area contributed by atoms with E-state index in [9.17, 15) is 4.79 Å². The van der Waals surface area contributed by atoms with Crippen molar-refractivity contribution in [3.8, 4) is 0 Å². The highest BCUT2D eigenvalue weighted by Crippen LogP contribution is 2.30. The van der Waals surface area contributed by atoms with E-state index in [2.05, 4.69) is 45.1 Å². The fourth-order valence-corrected chi connectivity index (χ4v) is 2.20. The molecule has 0 heterocycles. The van der Waals surface area contributed by atoms with E-state index in [1.807, 2.05) is 0 Å². The van der Waals surface area contributed by atoms with Gasteiger partial charge in [0.1, 0.15) is 0 Å². The van der Waals surface area contributed by atoms with Gasteiger partial charge in [-0.2, -0.15) is 0 Å². The molecule has 0 aromatic heterocycles. The van der Waals surface area contributed by atoms with Gasteiger partial charge < -0.3 is 5.32 Å². The summed E-state index contributed by atoms with van der Waals surface area (Å²) in [6, 6.07) is 4.51. The average Bonchev–Trinajstić information content (AvgIpc) is 3.06. The molecule has 1 aromatic carbocycles. The lowest BCUT2D eigenvalue weighted by Gasteiger charge is -2.18. The van der Waals surface area contributed by atoms with Crippen molar-refractivity contribution < 1.29 is 4.79 Å². The summed E-state index contributed by atoms with van der Waals surface area (Å²) in [5, 5.41) is 3.11. The molecule has 0 unspecified atom stereocenters. The molecule has 1 amide bonds. The van der Waals surface area contributed by atoms with Crippen LogP contribution >= 0.6 is 0 Å². The van der Waals surface area contributed by atoms with Crippen LogP contribution in [-0.4, -0.2) is 5.91 Å². The SMILES string of the molecule is Cc1cc(C)c([C@@H](C)NC(=O)C2CC2)cc1C. The third-order valence-corrected chi connectivity index (χ3v) is 3.66. The van der Waals surface area contributed by atoms with Gasteiger partial charge in [-0.25, -0.2) is 0 Å². The van der Waals surface area contributed by atoms with Gasteiger partial charge >= 0.3 is 0 Å². The molecule has 1 N–H and O–H groups in total. The number of amides is 1. The van der Waals surface area contributed by atoms with Gasteiger partial charge in [-0.1, -0.05) is 12.1 Å². The maximum absolute atomic E-state index is 11.7. The molecule has 17 heavy (non-hydrogen) atoms. The Morgan fingerprint density at radius 2 is 1.76 bits per heavy atom. The van der Waals surface area contributed by atoms with Crippen LogP contribution in [0.25, 0.3) is 0 Å². The Morgan fingerprint density at radius 1 is 1.18 bits per heavy atom. The zero-order valence-corrected chi connectivity index (χ0v) is 11.1. The van der Waals surface area contributed by atoms with Crippen LogP contribution in [0.5, 0.6) is 0 Å². The minimum atomic E-state index is 0.113. The van der Waals surface area contributed by atoms with Gasteiger partial charge in [0, 0.05) is 5.92 Å². The van der Waals surface area contributed by atoms with Gasteiger partial charge in [-0.05, 0) is 62.8 Å². The second kappa shape index (κ2) is 4.52. The topological polar surface area (TPSA) is 29.1 Å². The Labute approximate surface area is 103 Å². The van der Waals surface area contributed by atoms with Gasteiger partial charge in [0.15, 0.2) is 0 Å². The molecular formula is C15H21NO. The van der Waals surface area contributed by atoms with Crippen LogP contribution in [0.15, 0.2) is 12.1 Å². The summed E-state index contributed by atoms with van der Waals surface area (Å²) in [5.74, 6) is 0.499. The molecular weight excluding hydrogens is 210 g/mol. The van der Waals surface area contributed by atoms with Gasteiger partial charge in [0.2, 0.25) is 5.91 Å². The quantitative estimate of drug-likeness (QED) is 0.850. The van der Waals surface area contributed by atoms with Crippen molar-refractivity contribution in [2.24, 2.45) is 5.92 Å². The van der Waals surface area contributed by atoms with Crippen LogP contribution in [0.2, 0.25) is 0 Å². The molecule has 1 aliphatic carbocycles. The van der Waals surface area contributed by atoms with Crippen molar-refractivity contribution >= 4 is 5.91 Å². The lowest BCUT2D eigenvalue weighted by molar-refractivity contribution is -0.122. The third-order valence-electron chi connectivity index (χ3n) is 3.66. The fraction of sp³-hybridized carbons (Fsp3) is 0.533. The molecule has 0 bridgehead atoms. The van der Waals surface area contributed by atoms with E-state index in [0.717, 1.165) is 12.8 Å². The molecule has 2 rings (SSSR count). The lowest BCUT2D eigenvalue weighted by atomic mass is 9.96. The van der Waals surface area contributed by atoms with E-state index in [1.54, 1.807) is 0 Å². The Hall–Kier alpha value is -1.31. The fourth-order valence-electron chi connectivity index (χ4n) is 2.20. The smallest absolute Gasteiger partial charge is 0.223 e. The van der Waals surface area contributed by atoms with Crippen LogP contribution < -0.4 is 5.32 Å². The predicted octanol–water partition coefficient (Wildman–Crippen LogP) is 3.20. The number of hydrogen-bond acceptors (Lipinski definition) is 1. The monoisotopic (exact) mass is 231 g/mol. The first kappa shape index (κ1) is 12.2. The molecule has 1 atom stereocenters. The van der Waals surface area contributed by atoms with E-state index < -0.39 is 0 Å². The Kier molecular flexibility index (Phi) is 3.23. The van der Waals surface area contributed by atoms with Crippen molar-refractivity contribution in [3.05, 3.63) is 34.4 Å². The Bertz CT molecular complexity index is 446. The zero-order valence-electron chi connectivity index (χ0n) is 11.1. The minimum absolute atomic E-state index is 0.113. The van der Waals surface area contributed by atoms with E-state index >= 15 is 0 Å². The number of hydrogen-bond donors (Lipinski definition) is 1. The molecule has 0 saturated heterocycles. The normalized spacial score (nSPS) is 16.7. The summed E-state index contributed by atoms with van der Waals surface area (Å²) in [4.78, 5) is 11.7. The number of nitrogens with one attached hydrogen (secondary N) is 1. The highest BCUT2D eigenvalue weighted by atomic mass is 16.2. The van der Waals surface area contributed by atoms with Crippen molar-refractivity contribution in [1.29, 1.82) is 0 Å². The lowest BCUT2D eigenvalue weighted by Crippen LogP contribution is -2.28. The molecule has 92 valence electrons. The molecule has 2 heteroatoms. The first-order valence-corrected chi connectivity index (χ1v) is 6.37. The molecule has 1 aliphatic rings. The van der Waals surface area contributed by atoms with Crippen molar-refractivity contribution in [1.82, 2.24) is 5.32 Å². The van der Waals surface area contributed by atoms with E-state index in [1.165, 1.54) is 22.3 Å². The Morgan fingerprint density at radius 3 is 2.35 bits per heavy atom. The summed E-state index contributed by atoms with van der Waals surface area (Å²) in [6.07, 6.45) is 2.12. The number of carbonyl (C=O) groups excluding carboxylic acids is 1. The van der Waals surface area contributed by atoms with Gasteiger partial charge in [-0.15, -0.1) is 0 Å². The number of aryl methyl sites for hydroxylation is 3.